The molecule has 0 saturated heterocycles. The van der Waals surface area contributed by atoms with Crippen LogP contribution in [0.15, 0.2) is 24.3 Å². The van der Waals surface area contributed by atoms with Crippen LogP contribution in [0.5, 0.6) is 0 Å². The lowest BCUT2D eigenvalue weighted by Crippen LogP contribution is -2.25. The van der Waals surface area contributed by atoms with Gasteiger partial charge in [-0.15, -0.1) is 0 Å². The quantitative estimate of drug-likeness (QED) is 0.813. The van der Waals surface area contributed by atoms with Crippen LogP contribution in [0, 0.1) is 0 Å². The van der Waals surface area contributed by atoms with E-state index < -0.39 is 11.7 Å². The zero-order valence-corrected chi connectivity index (χ0v) is 10.8. The van der Waals surface area contributed by atoms with Gasteiger partial charge in [-0.1, -0.05) is 31.5 Å². The van der Waals surface area contributed by atoms with Crippen LogP contribution in [0.4, 0.5) is 13.2 Å². The number of hydrogen-bond donors (Lipinski definition) is 1. The van der Waals surface area contributed by atoms with E-state index >= 15 is 0 Å². The maximum Gasteiger partial charge on any atom is 0.416 e. The fourth-order valence-electron chi connectivity index (χ4n) is 2.03. The Balaban J connectivity index is 2.62. The monoisotopic (exact) mass is 259 g/mol. The van der Waals surface area contributed by atoms with Crippen molar-refractivity contribution in [3.8, 4) is 0 Å². The van der Waals surface area contributed by atoms with Gasteiger partial charge in [0.05, 0.1) is 5.56 Å². The van der Waals surface area contributed by atoms with Crippen molar-refractivity contribution >= 4 is 0 Å². The van der Waals surface area contributed by atoms with Crippen LogP contribution in [-0.4, -0.2) is 13.1 Å². The molecular weight excluding hydrogens is 239 g/mol. The van der Waals surface area contributed by atoms with Crippen molar-refractivity contribution in [1.82, 2.24) is 5.32 Å². The lowest BCUT2D eigenvalue weighted by molar-refractivity contribution is -0.137. The van der Waals surface area contributed by atoms with Crippen molar-refractivity contribution in [1.29, 1.82) is 0 Å². The molecule has 0 amide bonds. The molecule has 1 nitrogen and oxygen atoms in total. The van der Waals surface area contributed by atoms with Crippen molar-refractivity contribution in [2.75, 3.05) is 7.05 Å². The molecule has 0 aromatic heterocycles. The first-order valence-electron chi connectivity index (χ1n) is 6.30. The Kier molecular flexibility index (Phi) is 5.66. The topological polar surface area (TPSA) is 12.0 Å². The van der Waals surface area contributed by atoms with Gasteiger partial charge in [-0.25, -0.2) is 0 Å². The molecule has 0 heterocycles. The summed E-state index contributed by atoms with van der Waals surface area (Å²) in [5.41, 5.74) is 0.192. The Labute approximate surface area is 106 Å². The zero-order chi connectivity index (χ0) is 13.6. The minimum Gasteiger partial charge on any atom is -0.317 e. The predicted molar refractivity (Wildman–Crippen MR) is 67.5 cm³/mol. The second-order valence-electron chi connectivity index (χ2n) is 4.51. The first-order valence-corrected chi connectivity index (χ1v) is 6.30. The van der Waals surface area contributed by atoms with E-state index in [9.17, 15) is 13.2 Å². The van der Waals surface area contributed by atoms with Crippen molar-refractivity contribution < 1.29 is 13.2 Å². The van der Waals surface area contributed by atoms with Gasteiger partial charge in [0, 0.05) is 6.04 Å². The van der Waals surface area contributed by atoms with Crippen LogP contribution in [0.1, 0.15) is 37.3 Å². The molecule has 0 saturated carbocycles. The Morgan fingerprint density at radius 2 is 1.94 bits per heavy atom. The molecule has 102 valence electrons. The largest absolute Gasteiger partial charge is 0.416 e. The van der Waals surface area contributed by atoms with Crippen LogP contribution in [0.2, 0.25) is 0 Å². The summed E-state index contributed by atoms with van der Waals surface area (Å²) in [4.78, 5) is 0. The summed E-state index contributed by atoms with van der Waals surface area (Å²) in [7, 11) is 1.90. The molecule has 18 heavy (non-hydrogen) atoms. The number of hydrogen-bond acceptors (Lipinski definition) is 1. The molecule has 1 atom stereocenters. The minimum absolute atomic E-state index is 0.379. The minimum atomic E-state index is -4.25. The molecule has 1 N–H and O–H groups in total. The maximum atomic E-state index is 12.5. The lowest BCUT2D eigenvalue weighted by atomic mass is 10.0. The van der Waals surface area contributed by atoms with Crippen LogP contribution in [-0.2, 0) is 12.6 Å². The molecular formula is C14H20F3N. The van der Waals surface area contributed by atoms with E-state index in [1.54, 1.807) is 6.07 Å². The van der Waals surface area contributed by atoms with E-state index in [1.165, 1.54) is 12.1 Å². The first kappa shape index (κ1) is 15.0. The van der Waals surface area contributed by atoms with E-state index in [1.807, 2.05) is 7.05 Å². The number of halogens is 3. The molecule has 0 spiro atoms. The summed E-state index contributed by atoms with van der Waals surface area (Å²) in [6.45, 7) is 2.11. The van der Waals surface area contributed by atoms with Crippen LogP contribution in [0.3, 0.4) is 0 Å². The average molecular weight is 259 g/mol. The van der Waals surface area contributed by atoms with E-state index in [0.29, 0.717) is 12.5 Å². The Morgan fingerprint density at radius 1 is 1.22 bits per heavy atom. The summed E-state index contributed by atoms with van der Waals surface area (Å²) in [6, 6.07) is 5.98. The van der Waals surface area contributed by atoms with Gasteiger partial charge in [0.1, 0.15) is 0 Å². The normalized spacial score (nSPS) is 13.6. The summed E-state index contributed by atoms with van der Waals surface area (Å²) >= 11 is 0. The van der Waals surface area contributed by atoms with Gasteiger partial charge in [-0.2, -0.15) is 13.2 Å². The third kappa shape index (κ3) is 4.69. The number of alkyl halides is 3. The molecule has 0 aliphatic rings. The van der Waals surface area contributed by atoms with E-state index in [0.717, 1.165) is 30.9 Å². The van der Waals surface area contributed by atoms with E-state index in [4.69, 9.17) is 0 Å². The Bertz CT molecular complexity index is 360. The highest BCUT2D eigenvalue weighted by Gasteiger charge is 2.30. The molecule has 1 unspecified atom stereocenters. The van der Waals surface area contributed by atoms with Gasteiger partial charge in [-0.05, 0) is 37.9 Å². The molecule has 1 aromatic carbocycles. The second-order valence-corrected chi connectivity index (χ2v) is 4.51. The SMILES string of the molecule is CCCC(CCc1cccc(C(F)(F)F)c1)NC. The number of aryl methyl sites for hydroxylation is 1. The highest BCUT2D eigenvalue weighted by Crippen LogP contribution is 2.29. The molecule has 0 aliphatic carbocycles. The molecule has 1 aromatic rings. The summed E-state index contributed by atoms with van der Waals surface area (Å²) in [5.74, 6) is 0. The van der Waals surface area contributed by atoms with Gasteiger partial charge in [0.2, 0.25) is 0 Å². The molecule has 0 radical (unpaired) electrons. The second kappa shape index (κ2) is 6.78. The van der Waals surface area contributed by atoms with Crippen molar-refractivity contribution in [3.05, 3.63) is 35.4 Å². The number of nitrogens with one attached hydrogen (secondary N) is 1. The fourth-order valence-corrected chi connectivity index (χ4v) is 2.03. The number of rotatable bonds is 6. The smallest absolute Gasteiger partial charge is 0.317 e. The third-order valence-electron chi connectivity index (χ3n) is 3.08. The van der Waals surface area contributed by atoms with Gasteiger partial charge < -0.3 is 5.32 Å². The van der Waals surface area contributed by atoms with Gasteiger partial charge in [-0.3, -0.25) is 0 Å². The highest BCUT2D eigenvalue weighted by molar-refractivity contribution is 5.25. The predicted octanol–water partition coefficient (Wildman–Crippen LogP) is 4.03. The third-order valence-corrected chi connectivity index (χ3v) is 3.08. The van der Waals surface area contributed by atoms with Gasteiger partial charge in [0.25, 0.3) is 0 Å². The zero-order valence-electron chi connectivity index (χ0n) is 10.8. The van der Waals surface area contributed by atoms with Crippen molar-refractivity contribution in [3.63, 3.8) is 0 Å². The van der Waals surface area contributed by atoms with Gasteiger partial charge in [0.15, 0.2) is 0 Å². The maximum absolute atomic E-state index is 12.5. The van der Waals surface area contributed by atoms with Crippen molar-refractivity contribution in [2.45, 2.75) is 44.8 Å². The van der Waals surface area contributed by atoms with Crippen LogP contribution in [0.25, 0.3) is 0 Å². The lowest BCUT2D eigenvalue weighted by Gasteiger charge is -2.15. The molecule has 1 rings (SSSR count). The van der Waals surface area contributed by atoms with Crippen LogP contribution < -0.4 is 5.32 Å². The molecule has 0 bridgehead atoms. The summed E-state index contributed by atoms with van der Waals surface area (Å²) in [6.07, 6.45) is -0.577. The fraction of sp³-hybridized carbons (Fsp3) is 0.571. The molecule has 4 heteroatoms. The number of benzene rings is 1. The van der Waals surface area contributed by atoms with Crippen LogP contribution >= 0.6 is 0 Å². The first-order chi connectivity index (χ1) is 8.47. The van der Waals surface area contributed by atoms with E-state index in [2.05, 4.69) is 12.2 Å². The summed E-state index contributed by atoms with van der Waals surface area (Å²) < 4.78 is 37.6. The molecule has 0 aliphatic heterocycles. The Hall–Kier alpha value is -1.03. The van der Waals surface area contributed by atoms with Gasteiger partial charge >= 0.3 is 6.18 Å². The Morgan fingerprint density at radius 3 is 2.50 bits per heavy atom. The average Bonchev–Trinajstić information content (AvgIpc) is 2.34. The summed E-state index contributed by atoms with van der Waals surface area (Å²) in [5, 5.41) is 3.20. The van der Waals surface area contributed by atoms with E-state index in [-0.39, 0.29) is 0 Å². The van der Waals surface area contributed by atoms with Crippen molar-refractivity contribution in [2.24, 2.45) is 0 Å². The molecule has 0 fully saturated rings. The standard InChI is InChI=1S/C14H20F3N/c1-3-5-13(18-2)9-8-11-6-4-7-12(10-11)14(15,16)17/h4,6-7,10,13,18H,3,5,8-9H2,1-2H3. The highest BCUT2D eigenvalue weighted by atomic mass is 19.4.